The van der Waals surface area contributed by atoms with E-state index in [1.165, 1.54) is 0 Å². The molecule has 0 aliphatic carbocycles. The molecule has 2 fully saturated rings. The lowest BCUT2D eigenvalue weighted by Gasteiger charge is -2.36. The molecular formula is C16H29Cl2N5O4. The van der Waals surface area contributed by atoms with E-state index in [0.29, 0.717) is 51.1 Å². The molecule has 2 saturated heterocycles. The lowest BCUT2D eigenvalue weighted by atomic mass is 10.2. The Kier molecular flexibility index (Phi) is 10.5. The Morgan fingerprint density at radius 1 is 1.33 bits per heavy atom. The summed E-state index contributed by atoms with van der Waals surface area (Å²) in [5.41, 5.74) is 0. The second-order valence-corrected chi connectivity index (χ2v) is 6.31. The number of carbonyl (C=O) groups excluding carboxylic acids is 1. The summed E-state index contributed by atoms with van der Waals surface area (Å²) in [6.45, 7) is 10.00. The van der Waals surface area contributed by atoms with E-state index >= 15 is 0 Å². The molecule has 27 heavy (non-hydrogen) atoms. The number of carbonyl (C=O) groups is 1. The van der Waals surface area contributed by atoms with Gasteiger partial charge in [0, 0.05) is 45.9 Å². The smallest absolute Gasteiger partial charge is 0.253 e. The predicted octanol–water partition coefficient (Wildman–Crippen LogP) is 0.643. The maximum absolute atomic E-state index is 12.4. The number of amides is 1. The number of nitrogens with zero attached hydrogens (tertiary/aromatic N) is 4. The van der Waals surface area contributed by atoms with Crippen molar-refractivity contribution in [3.63, 3.8) is 0 Å². The van der Waals surface area contributed by atoms with Crippen molar-refractivity contribution in [3.8, 4) is 0 Å². The molecule has 1 amide bonds. The van der Waals surface area contributed by atoms with Gasteiger partial charge in [-0.2, -0.15) is 4.98 Å². The van der Waals surface area contributed by atoms with Crippen molar-refractivity contribution in [3.05, 3.63) is 11.7 Å². The van der Waals surface area contributed by atoms with Crippen molar-refractivity contribution in [2.75, 3.05) is 52.5 Å². The zero-order valence-corrected chi connectivity index (χ0v) is 17.4. The van der Waals surface area contributed by atoms with Crippen LogP contribution in [0.25, 0.3) is 0 Å². The number of piperazine rings is 1. The van der Waals surface area contributed by atoms with E-state index in [-0.39, 0.29) is 42.9 Å². The van der Waals surface area contributed by atoms with Gasteiger partial charge in [0.05, 0.1) is 13.2 Å². The second-order valence-electron chi connectivity index (χ2n) is 6.31. The van der Waals surface area contributed by atoms with Crippen LogP contribution in [0, 0.1) is 0 Å². The molecule has 1 aromatic rings. The number of nitrogens with one attached hydrogen (secondary N) is 1. The molecule has 3 heterocycles. The lowest BCUT2D eigenvalue weighted by molar-refractivity contribution is -0.147. The Morgan fingerprint density at radius 3 is 2.70 bits per heavy atom. The molecule has 156 valence electrons. The van der Waals surface area contributed by atoms with Crippen LogP contribution >= 0.6 is 24.8 Å². The molecular weight excluding hydrogens is 397 g/mol. The normalized spacial score (nSPS) is 21.9. The van der Waals surface area contributed by atoms with Gasteiger partial charge in [0.25, 0.3) is 5.91 Å². The molecule has 0 bridgehead atoms. The highest BCUT2D eigenvalue weighted by Crippen LogP contribution is 2.15. The van der Waals surface area contributed by atoms with Crippen molar-refractivity contribution < 1.29 is 18.8 Å². The molecule has 0 spiro atoms. The van der Waals surface area contributed by atoms with Crippen molar-refractivity contribution in [2.45, 2.75) is 32.6 Å². The van der Waals surface area contributed by atoms with Crippen LogP contribution in [0.5, 0.6) is 0 Å². The van der Waals surface area contributed by atoms with Crippen LogP contribution < -0.4 is 5.32 Å². The van der Waals surface area contributed by atoms with E-state index in [1.807, 2.05) is 18.7 Å². The summed E-state index contributed by atoms with van der Waals surface area (Å²) in [7, 11) is 0. The van der Waals surface area contributed by atoms with E-state index < -0.39 is 0 Å². The summed E-state index contributed by atoms with van der Waals surface area (Å²) in [4.78, 5) is 20.9. The van der Waals surface area contributed by atoms with Crippen LogP contribution in [0.15, 0.2) is 4.52 Å². The van der Waals surface area contributed by atoms with Crippen LogP contribution in [0.2, 0.25) is 0 Å². The predicted molar refractivity (Wildman–Crippen MR) is 103 cm³/mol. The van der Waals surface area contributed by atoms with Gasteiger partial charge in [-0.3, -0.25) is 9.69 Å². The number of hydrogen-bond acceptors (Lipinski definition) is 8. The first-order valence-electron chi connectivity index (χ1n) is 8.95. The van der Waals surface area contributed by atoms with Crippen molar-refractivity contribution >= 4 is 30.7 Å². The monoisotopic (exact) mass is 425 g/mol. The number of morpholine rings is 1. The molecule has 9 nitrogen and oxygen atoms in total. The van der Waals surface area contributed by atoms with Crippen molar-refractivity contribution in [1.82, 2.24) is 25.3 Å². The molecule has 2 aliphatic rings. The largest absolute Gasteiger partial charge is 0.371 e. The number of hydrogen-bond donors (Lipinski definition) is 1. The van der Waals surface area contributed by atoms with Crippen molar-refractivity contribution in [2.24, 2.45) is 0 Å². The molecule has 2 aliphatic heterocycles. The third-order valence-electron chi connectivity index (χ3n) is 4.51. The minimum absolute atomic E-state index is 0. The van der Waals surface area contributed by atoms with Crippen LogP contribution in [-0.4, -0.2) is 84.4 Å². The Morgan fingerprint density at radius 2 is 2.07 bits per heavy atom. The molecule has 0 radical (unpaired) electrons. The van der Waals surface area contributed by atoms with Crippen LogP contribution in [0.3, 0.4) is 0 Å². The van der Waals surface area contributed by atoms with E-state index in [4.69, 9.17) is 14.0 Å². The van der Waals surface area contributed by atoms with Gasteiger partial charge >= 0.3 is 0 Å². The molecule has 0 aromatic carbocycles. The Balaban J connectivity index is 0.00000182. The van der Waals surface area contributed by atoms with E-state index in [0.717, 1.165) is 19.6 Å². The van der Waals surface area contributed by atoms with Gasteiger partial charge in [-0.1, -0.05) is 5.16 Å². The summed E-state index contributed by atoms with van der Waals surface area (Å²) in [5.74, 6) is 1.24. The number of rotatable bonds is 6. The van der Waals surface area contributed by atoms with Gasteiger partial charge in [-0.05, 0) is 13.8 Å². The van der Waals surface area contributed by atoms with Crippen LogP contribution in [0.4, 0.5) is 0 Å². The average Bonchev–Trinajstić information content (AvgIpc) is 3.11. The van der Waals surface area contributed by atoms with E-state index in [1.54, 1.807) is 0 Å². The fourth-order valence-corrected chi connectivity index (χ4v) is 3.07. The van der Waals surface area contributed by atoms with Gasteiger partial charge < -0.3 is 24.2 Å². The van der Waals surface area contributed by atoms with Gasteiger partial charge in [0.15, 0.2) is 5.82 Å². The van der Waals surface area contributed by atoms with Crippen LogP contribution in [0.1, 0.15) is 31.7 Å². The van der Waals surface area contributed by atoms with Gasteiger partial charge in [-0.15, -0.1) is 24.8 Å². The summed E-state index contributed by atoms with van der Waals surface area (Å²) in [5, 5.41) is 7.17. The summed E-state index contributed by atoms with van der Waals surface area (Å²) in [6.07, 6.45) is -0.514. The maximum Gasteiger partial charge on any atom is 0.253 e. The molecule has 2 unspecified atom stereocenters. The first-order valence-corrected chi connectivity index (χ1v) is 8.95. The highest BCUT2D eigenvalue weighted by Gasteiger charge is 2.29. The topological polar surface area (TPSA) is 93.0 Å². The minimum atomic E-state index is -0.348. The highest BCUT2D eigenvalue weighted by molar-refractivity contribution is 5.85. The molecule has 0 saturated carbocycles. The second kappa shape index (κ2) is 11.8. The third-order valence-corrected chi connectivity index (χ3v) is 4.51. The van der Waals surface area contributed by atoms with Crippen molar-refractivity contribution in [1.29, 1.82) is 0 Å². The molecule has 1 aromatic heterocycles. The Hall–Kier alpha value is -0.970. The lowest BCUT2D eigenvalue weighted by Crippen LogP contribution is -2.54. The molecule has 11 heteroatoms. The summed E-state index contributed by atoms with van der Waals surface area (Å²) >= 11 is 0. The quantitative estimate of drug-likeness (QED) is 0.709. The number of halogens is 2. The molecule has 3 rings (SSSR count). The zero-order valence-electron chi connectivity index (χ0n) is 15.8. The molecule has 1 N–H and O–H groups in total. The van der Waals surface area contributed by atoms with Gasteiger partial charge in [0.1, 0.15) is 12.2 Å². The fraction of sp³-hybridized carbons (Fsp3) is 0.812. The Labute approximate surface area is 171 Å². The molecule has 2 atom stereocenters. The van der Waals surface area contributed by atoms with E-state index in [2.05, 4.69) is 20.4 Å². The SMILES string of the molecule is CCOC(C)c1noc(CN2CCN(C(=O)C3CNCCO3)CC2)n1.Cl.Cl. The summed E-state index contributed by atoms with van der Waals surface area (Å²) in [6, 6.07) is 0. The summed E-state index contributed by atoms with van der Waals surface area (Å²) < 4.78 is 16.3. The van der Waals surface area contributed by atoms with Crippen LogP contribution in [-0.2, 0) is 20.8 Å². The highest BCUT2D eigenvalue weighted by atomic mass is 35.5. The first-order chi connectivity index (χ1) is 12.2. The maximum atomic E-state index is 12.4. The fourth-order valence-electron chi connectivity index (χ4n) is 3.07. The van der Waals surface area contributed by atoms with Gasteiger partial charge in [0.2, 0.25) is 5.89 Å². The average molecular weight is 426 g/mol. The standard InChI is InChI=1S/C16H27N5O4.2ClH/c1-3-23-12(2)15-18-14(25-19-15)11-20-5-7-21(8-6-20)16(22)13-10-17-4-9-24-13;;/h12-13,17H,3-11H2,1-2H3;2*1H. The zero-order chi connectivity index (χ0) is 17.6. The third kappa shape index (κ3) is 6.55. The Bertz CT molecular complexity index is 563. The van der Waals surface area contributed by atoms with Gasteiger partial charge in [-0.25, -0.2) is 0 Å². The number of ether oxygens (including phenoxy) is 2. The minimum Gasteiger partial charge on any atom is -0.371 e. The first kappa shape index (κ1) is 24.1. The van der Waals surface area contributed by atoms with E-state index in [9.17, 15) is 4.79 Å². The number of aromatic nitrogens is 2.